The summed E-state index contributed by atoms with van der Waals surface area (Å²) in [5.74, 6) is 0.737. The van der Waals surface area contributed by atoms with E-state index in [-0.39, 0.29) is 5.91 Å². The fourth-order valence-electron chi connectivity index (χ4n) is 3.00. The maximum absolute atomic E-state index is 12.4. The predicted molar refractivity (Wildman–Crippen MR) is 109 cm³/mol. The van der Waals surface area contributed by atoms with E-state index in [9.17, 15) is 4.79 Å². The van der Waals surface area contributed by atoms with Gasteiger partial charge in [-0.15, -0.1) is 0 Å². The minimum atomic E-state index is -0.110. The quantitative estimate of drug-likeness (QED) is 0.523. The number of carbonyl (C=O) groups excluding carboxylic acids is 1. The molecule has 2 heterocycles. The smallest absolute Gasteiger partial charge is 0.252 e. The molecule has 1 N–H and O–H groups in total. The number of pyridine rings is 1. The van der Waals surface area contributed by atoms with E-state index in [2.05, 4.69) is 26.2 Å². The van der Waals surface area contributed by atoms with Crippen LogP contribution in [0.1, 0.15) is 10.4 Å². The highest BCUT2D eigenvalue weighted by Gasteiger charge is 2.14. The standard InChI is InChI=1S/C21H17BrN4O/c22-17-10-5-4-9-16(17)21(27)24-13-14-26-19(15-7-2-1-3-8-15)25-18-11-6-12-23-20(18)26/h1-12H,13-14H2,(H,24,27). The van der Waals surface area contributed by atoms with Gasteiger partial charge >= 0.3 is 0 Å². The first kappa shape index (κ1) is 17.4. The molecule has 0 fully saturated rings. The second-order valence-electron chi connectivity index (χ2n) is 6.03. The molecule has 0 unspecified atom stereocenters. The molecule has 134 valence electrons. The lowest BCUT2D eigenvalue weighted by atomic mass is 10.2. The third-order valence-electron chi connectivity index (χ3n) is 4.28. The minimum absolute atomic E-state index is 0.110. The molecule has 0 atom stereocenters. The van der Waals surface area contributed by atoms with E-state index in [1.807, 2.05) is 65.2 Å². The Labute approximate surface area is 165 Å². The fraction of sp³-hybridized carbons (Fsp3) is 0.0952. The molecule has 0 radical (unpaired) electrons. The lowest BCUT2D eigenvalue weighted by Crippen LogP contribution is -2.27. The summed E-state index contributed by atoms with van der Waals surface area (Å²) in [7, 11) is 0. The van der Waals surface area contributed by atoms with E-state index in [0.29, 0.717) is 18.7 Å². The molecule has 6 heteroatoms. The molecular formula is C21H17BrN4O. The van der Waals surface area contributed by atoms with Crippen LogP contribution in [0.5, 0.6) is 0 Å². The molecular weight excluding hydrogens is 404 g/mol. The molecule has 0 saturated carbocycles. The molecule has 4 aromatic rings. The zero-order chi connectivity index (χ0) is 18.6. The summed E-state index contributed by atoms with van der Waals surface area (Å²) in [6, 6.07) is 21.2. The van der Waals surface area contributed by atoms with E-state index in [1.54, 1.807) is 12.3 Å². The van der Waals surface area contributed by atoms with Crippen LogP contribution in [-0.4, -0.2) is 27.0 Å². The lowest BCUT2D eigenvalue weighted by molar-refractivity contribution is 0.0951. The third-order valence-corrected chi connectivity index (χ3v) is 4.97. The zero-order valence-electron chi connectivity index (χ0n) is 14.5. The number of hydrogen-bond acceptors (Lipinski definition) is 3. The van der Waals surface area contributed by atoms with Crippen LogP contribution in [0.3, 0.4) is 0 Å². The van der Waals surface area contributed by atoms with Crippen LogP contribution in [0.15, 0.2) is 77.4 Å². The van der Waals surface area contributed by atoms with Crippen molar-refractivity contribution in [3.8, 4) is 11.4 Å². The van der Waals surface area contributed by atoms with Crippen molar-refractivity contribution in [3.05, 3.63) is 83.0 Å². The van der Waals surface area contributed by atoms with Gasteiger partial charge in [0, 0.05) is 29.3 Å². The van der Waals surface area contributed by atoms with Crippen molar-refractivity contribution in [2.45, 2.75) is 6.54 Å². The zero-order valence-corrected chi connectivity index (χ0v) is 16.1. The molecule has 0 spiro atoms. The molecule has 0 saturated heterocycles. The fourth-order valence-corrected chi connectivity index (χ4v) is 3.46. The van der Waals surface area contributed by atoms with Crippen LogP contribution < -0.4 is 5.32 Å². The van der Waals surface area contributed by atoms with E-state index < -0.39 is 0 Å². The van der Waals surface area contributed by atoms with Crippen molar-refractivity contribution < 1.29 is 4.79 Å². The Kier molecular flexibility index (Phi) is 4.98. The molecule has 2 aromatic heterocycles. The van der Waals surface area contributed by atoms with Crippen molar-refractivity contribution >= 4 is 33.0 Å². The number of carbonyl (C=O) groups is 1. The molecule has 0 bridgehead atoms. The van der Waals surface area contributed by atoms with Crippen molar-refractivity contribution in [3.63, 3.8) is 0 Å². The molecule has 5 nitrogen and oxygen atoms in total. The van der Waals surface area contributed by atoms with Gasteiger partial charge in [0.15, 0.2) is 5.65 Å². The Bertz CT molecular complexity index is 1090. The van der Waals surface area contributed by atoms with Gasteiger partial charge in [0.05, 0.1) is 5.56 Å². The summed E-state index contributed by atoms with van der Waals surface area (Å²) in [6.07, 6.45) is 1.76. The monoisotopic (exact) mass is 420 g/mol. The number of fused-ring (bicyclic) bond motifs is 1. The van der Waals surface area contributed by atoms with E-state index in [0.717, 1.165) is 27.0 Å². The van der Waals surface area contributed by atoms with Gasteiger partial charge in [0.25, 0.3) is 5.91 Å². The number of benzene rings is 2. The molecule has 4 rings (SSSR count). The van der Waals surface area contributed by atoms with Crippen molar-refractivity contribution in [2.24, 2.45) is 0 Å². The number of rotatable bonds is 5. The van der Waals surface area contributed by atoms with Crippen molar-refractivity contribution in [1.82, 2.24) is 19.9 Å². The average Bonchev–Trinajstić information content (AvgIpc) is 3.08. The van der Waals surface area contributed by atoms with Crippen LogP contribution >= 0.6 is 15.9 Å². The number of aromatic nitrogens is 3. The molecule has 2 aromatic carbocycles. The Morgan fingerprint density at radius 2 is 1.78 bits per heavy atom. The average molecular weight is 421 g/mol. The second-order valence-corrected chi connectivity index (χ2v) is 6.89. The number of nitrogens with zero attached hydrogens (tertiary/aromatic N) is 3. The summed E-state index contributed by atoms with van der Waals surface area (Å²) in [5, 5.41) is 2.98. The van der Waals surface area contributed by atoms with Gasteiger partial charge in [0.1, 0.15) is 11.3 Å². The first-order chi connectivity index (χ1) is 13.2. The van der Waals surface area contributed by atoms with Gasteiger partial charge < -0.3 is 9.88 Å². The van der Waals surface area contributed by atoms with Gasteiger partial charge in [-0.3, -0.25) is 4.79 Å². The van der Waals surface area contributed by atoms with Gasteiger partial charge in [-0.2, -0.15) is 0 Å². The summed E-state index contributed by atoms with van der Waals surface area (Å²) >= 11 is 3.42. The van der Waals surface area contributed by atoms with E-state index in [4.69, 9.17) is 4.98 Å². The summed E-state index contributed by atoms with van der Waals surface area (Å²) in [4.78, 5) is 21.6. The van der Waals surface area contributed by atoms with Gasteiger partial charge in [-0.25, -0.2) is 9.97 Å². The highest BCUT2D eigenvalue weighted by atomic mass is 79.9. The largest absolute Gasteiger partial charge is 0.350 e. The molecule has 0 aliphatic rings. The van der Waals surface area contributed by atoms with Crippen LogP contribution in [-0.2, 0) is 6.54 Å². The van der Waals surface area contributed by atoms with Gasteiger partial charge in [0.2, 0.25) is 0 Å². The Morgan fingerprint density at radius 3 is 2.59 bits per heavy atom. The Balaban J connectivity index is 1.58. The van der Waals surface area contributed by atoms with Crippen LogP contribution in [0.2, 0.25) is 0 Å². The minimum Gasteiger partial charge on any atom is -0.350 e. The topological polar surface area (TPSA) is 59.8 Å². The van der Waals surface area contributed by atoms with Crippen LogP contribution in [0.4, 0.5) is 0 Å². The predicted octanol–water partition coefficient (Wildman–Crippen LogP) is 4.29. The summed E-state index contributed by atoms with van der Waals surface area (Å²) in [6.45, 7) is 1.05. The highest BCUT2D eigenvalue weighted by molar-refractivity contribution is 9.10. The first-order valence-electron chi connectivity index (χ1n) is 8.63. The Morgan fingerprint density at radius 1 is 1.00 bits per heavy atom. The second kappa shape index (κ2) is 7.72. The number of halogens is 1. The first-order valence-corrected chi connectivity index (χ1v) is 9.43. The molecule has 0 aliphatic carbocycles. The maximum atomic E-state index is 12.4. The Hall–Kier alpha value is -2.99. The number of imidazole rings is 1. The van der Waals surface area contributed by atoms with Crippen molar-refractivity contribution in [2.75, 3.05) is 6.54 Å². The molecule has 0 aliphatic heterocycles. The van der Waals surface area contributed by atoms with Crippen molar-refractivity contribution in [1.29, 1.82) is 0 Å². The number of amides is 1. The van der Waals surface area contributed by atoms with E-state index >= 15 is 0 Å². The number of hydrogen-bond donors (Lipinski definition) is 1. The molecule has 1 amide bonds. The molecule has 27 heavy (non-hydrogen) atoms. The summed E-state index contributed by atoms with van der Waals surface area (Å²) in [5.41, 5.74) is 3.29. The van der Waals surface area contributed by atoms with Crippen LogP contribution in [0, 0.1) is 0 Å². The highest BCUT2D eigenvalue weighted by Crippen LogP contribution is 2.23. The normalized spacial score (nSPS) is 10.9. The third kappa shape index (κ3) is 3.61. The lowest BCUT2D eigenvalue weighted by Gasteiger charge is -2.10. The SMILES string of the molecule is O=C(NCCn1c(-c2ccccc2)nc2cccnc21)c1ccccc1Br. The van der Waals surface area contributed by atoms with Gasteiger partial charge in [-0.05, 0) is 40.2 Å². The summed E-state index contributed by atoms with van der Waals surface area (Å²) < 4.78 is 2.83. The van der Waals surface area contributed by atoms with Crippen LogP contribution in [0.25, 0.3) is 22.6 Å². The van der Waals surface area contributed by atoms with Gasteiger partial charge in [-0.1, -0.05) is 42.5 Å². The number of nitrogens with one attached hydrogen (secondary N) is 1. The maximum Gasteiger partial charge on any atom is 0.252 e. The van der Waals surface area contributed by atoms with E-state index in [1.165, 1.54) is 0 Å².